The summed E-state index contributed by atoms with van der Waals surface area (Å²) in [5.74, 6) is -0.165. The SMILES string of the molecule is CC[C@H]1O[C@@H](n2ccccc2=O)[C@H](F)[C@@H]1C. The zero-order valence-electron chi connectivity index (χ0n) is 9.47. The predicted octanol–water partition coefficient (Wildman–Crippen LogP) is 2.13. The lowest BCUT2D eigenvalue weighted by atomic mass is 10.00. The van der Waals surface area contributed by atoms with Crippen LogP contribution >= 0.6 is 0 Å². The molecular formula is C12H16FNO2. The zero-order chi connectivity index (χ0) is 11.7. The average Bonchev–Trinajstić information content (AvgIpc) is 2.57. The first-order valence-electron chi connectivity index (χ1n) is 5.62. The van der Waals surface area contributed by atoms with Crippen molar-refractivity contribution in [3.05, 3.63) is 34.7 Å². The maximum absolute atomic E-state index is 14.0. The van der Waals surface area contributed by atoms with Crippen LogP contribution in [0.5, 0.6) is 0 Å². The number of rotatable bonds is 2. The van der Waals surface area contributed by atoms with Gasteiger partial charge in [0.1, 0.15) is 0 Å². The molecule has 16 heavy (non-hydrogen) atoms. The van der Waals surface area contributed by atoms with E-state index in [1.54, 1.807) is 18.3 Å². The van der Waals surface area contributed by atoms with E-state index in [2.05, 4.69) is 0 Å². The Morgan fingerprint density at radius 3 is 2.81 bits per heavy atom. The van der Waals surface area contributed by atoms with Gasteiger partial charge in [0.25, 0.3) is 5.56 Å². The Labute approximate surface area is 93.9 Å². The molecule has 3 nitrogen and oxygen atoms in total. The van der Waals surface area contributed by atoms with Gasteiger partial charge < -0.3 is 4.74 Å². The van der Waals surface area contributed by atoms with Crippen molar-refractivity contribution in [1.29, 1.82) is 0 Å². The number of ether oxygens (including phenoxy) is 1. The third-order valence-electron chi connectivity index (χ3n) is 3.20. The highest BCUT2D eigenvalue weighted by molar-refractivity contribution is 4.97. The molecule has 1 saturated heterocycles. The molecule has 0 radical (unpaired) electrons. The number of nitrogens with zero attached hydrogens (tertiary/aromatic N) is 1. The first kappa shape index (κ1) is 11.3. The molecule has 0 spiro atoms. The highest BCUT2D eigenvalue weighted by Crippen LogP contribution is 2.36. The van der Waals surface area contributed by atoms with Gasteiger partial charge in [-0.25, -0.2) is 4.39 Å². The second kappa shape index (κ2) is 4.37. The number of aromatic nitrogens is 1. The van der Waals surface area contributed by atoms with Crippen LogP contribution in [0.1, 0.15) is 26.5 Å². The van der Waals surface area contributed by atoms with Crippen LogP contribution < -0.4 is 5.56 Å². The number of halogens is 1. The molecule has 1 aromatic heterocycles. The topological polar surface area (TPSA) is 31.2 Å². The molecule has 4 heteroatoms. The molecule has 1 aromatic rings. The second-order valence-electron chi connectivity index (χ2n) is 4.22. The van der Waals surface area contributed by atoms with Gasteiger partial charge >= 0.3 is 0 Å². The molecule has 88 valence electrons. The van der Waals surface area contributed by atoms with E-state index >= 15 is 0 Å². The quantitative estimate of drug-likeness (QED) is 0.772. The smallest absolute Gasteiger partial charge is 0.252 e. The van der Waals surface area contributed by atoms with Gasteiger partial charge in [0, 0.05) is 18.2 Å². The van der Waals surface area contributed by atoms with E-state index in [9.17, 15) is 9.18 Å². The molecule has 0 unspecified atom stereocenters. The van der Waals surface area contributed by atoms with Crippen molar-refractivity contribution < 1.29 is 9.13 Å². The summed E-state index contributed by atoms with van der Waals surface area (Å²) in [6.07, 6.45) is 0.343. The van der Waals surface area contributed by atoms with Gasteiger partial charge in [-0.05, 0) is 12.5 Å². The summed E-state index contributed by atoms with van der Waals surface area (Å²) >= 11 is 0. The molecule has 0 N–H and O–H groups in total. The third kappa shape index (κ3) is 1.78. The maximum Gasteiger partial charge on any atom is 0.252 e. The van der Waals surface area contributed by atoms with Crippen molar-refractivity contribution in [3.63, 3.8) is 0 Å². The molecule has 0 bridgehead atoms. The van der Waals surface area contributed by atoms with E-state index in [0.717, 1.165) is 6.42 Å². The van der Waals surface area contributed by atoms with Gasteiger partial charge in [-0.3, -0.25) is 9.36 Å². The van der Waals surface area contributed by atoms with Gasteiger partial charge in [-0.2, -0.15) is 0 Å². The Hall–Kier alpha value is -1.16. The zero-order valence-corrected chi connectivity index (χ0v) is 9.47. The summed E-state index contributed by atoms with van der Waals surface area (Å²) in [4.78, 5) is 11.6. The van der Waals surface area contributed by atoms with Crippen LogP contribution in [0.15, 0.2) is 29.2 Å². The molecule has 0 saturated carbocycles. The van der Waals surface area contributed by atoms with E-state index in [1.165, 1.54) is 10.6 Å². The molecule has 0 aromatic carbocycles. The highest BCUT2D eigenvalue weighted by Gasteiger charge is 2.42. The number of hydrogen-bond donors (Lipinski definition) is 0. The fraction of sp³-hybridized carbons (Fsp3) is 0.583. The first-order chi connectivity index (χ1) is 7.65. The monoisotopic (exact) mass is 225 g/mol. The van der Waals surface area contributed by atoms with E-state index in [1.807, 2.05) is 13.8 Å². The minimum absolute atomic E-state index is 0.105. The largest absolute Gasteiger partial charge is 0.351 e. The Kier molecular flexibility index (Phi) is 3.10. The number of pyridine rings is 1. The predicted molar refractivity (Wildman–Crippen MR) is 59.0 cm³/mol. The Bertz CT molecular complexity index is 417. The van der Waals surface area contributed by atoms with Crippen LogP contribution in [0.25, 0.3) is 0 Å². The lowest BCUT2D eigenvalue weighted by Crippen LogP contribution is -2.28. The highest BCUT2D eigenvalue weighted by atomic mass is 19.1. The average molecular weight is 225 g/mol. The fourth-order valence-electron chi connectivity index (χ4n) is 2.18. The molecule has 0 aliphatic carbocycles. The normalized spacial score (nSPS) is 34.2. The Balaban J connectivity index is 2.30. The van der Waals surface area contributed by atoms with Gasteiger partial charge in [0.05, 0.1) is 6.10 Å². The van der Waals surface area contributed by atoms with Crippen molar-refractivity contribution in [3.8, 4) is 0 Å². The lowest BCUT2D eigenvalue weighted by Gasteiger charge is -2.16. The summed E-state index contributed by atoms with van der Waals surface area (Å²) in [6.45, 7) is 3.79. The second-order valence-corrected chi connectivity index (χ2v) is 4.22. The Morgan fingerprint density at radius 2 is 2.25 bits per heavy atom. The van der Waals surface area contributed by atoms with Gasteiger partial charge in [0.15, 0.2) is 12.4 Å². The summed E-state index contributed by atoms with van der Waals surface area (Å²) in [5, 5.41) is 0. The van der Waals surface area contributed by atoms with E-state index in [0.29, 0.717) is 0 Å². The molecule has 2 heterocycles. The molecule has 1 aliphatic heterocycles. The molecule has 1 fully saturated rings. The molecular weight excluding hydrogens is 209 g/mol. The van der Waals surface area contributed by atoms with Crippen molar-refractivity contribution in [1.82, 2.24) is 4.57 Å². The summed E-state index contributed by atoms with van der Waals surface area (Å²) in [6, 6.07) is 4.77. The van der Waals surface area contributed by atoms with Crippen LogP contribution in [-0.2, 0) is 4.74 Å². The first-order valence-corrected chi connectivity index (χ1v) is 5.62. The molecule has 2 rings (SSSR count). The lowest BCUT2D eigenvalue weighted by molar-refractivity contribution is -0.0227. The summed E-state index contributed by atoms with van der Waals surface area (Å²) < 4.78 is 20.9. The number of hydrogen-bond acceptors (Lipinski definition) is 2. The van der Waals surface area contributed by atoms with E-state index < -0.39 is 12.4 Å². The molecule has 1 aliphatic rings. The van der Waals surface area contributed by atoms with Crippen molar-refractivity contribution in [2.24, 2.45) is 5.92 Å². The van der Waals surface area contributed by atoms with E-state index in [-0.39, 0.29) is 17.6 Å². The van der Waals surface area contributed by atoms with Crippen LogP contribution in [-0.4, -0.2) is 16.8 Å². The van der Waals surface area contributed by atoms with Crippen molar-refractivity contribution >= 4 is 0 Å². The molecule has 4 atom stereocenters. The third-order valence-corrected chi connectivity index (χ3v) is 3.20. The van der Waals surface area contributed by atoms with E-state index in [4.69, 9.17) is 4.74 Å². The van der Waals surface area contributed by atoms with Crippen LogP contribution in [0.4, 0.5) is 4.39 Å². The minimum atomic E-state index is -1.12. The molecule has 0 amide bonds. The van der Waals surface area contributed by atoms with Crippen LogP contribution in [0, 0.1) is 5.92 Å². The van der Waals surface area contributed by atoms with Crippen LogP contribution in [0.2, 0.25) is 0 Å². The standard InChI is InChI=1S/C12H16FNO2/c1-3-9-8(2)11(13)12(16-9)14-7-5-4-6-10(14)15/h4-9,11-12H,3H2,1-2H3/t8-,9-,11-,12-/m1/s1. The maximum atomic E-state index is 14.0. The van der Waals surface area contributed by atoms with Gasteiger partial charge in [0.2, 0.25) is 0 Å². The fourth-order valence-corrected chi connectivity index (χ4v) is 2.18. The number of alkyl halides is 1. The Morgan fingerprint density at radius 1 is 1.50 bits per heavy atom. The summed E-state index contributed by atoms with van der Waals surface area (Å²) in [7, 11) is 0. The summed E-state index contributed by atoms with van der Waals surface area (Å²) in [5.41, 5.74) is -0.223. The van der Waals surface area contributed by atoms with Gasteiger partial charge in [-0.15, -0.1) is 0 Å². The minimum Gasteiger partial charge on any atom is -0.351 e. The van der Waals surface area contributed by atoms with Crippen molar-refractivity contribution in [2.45, 2.75) is 38.8 Å². The van der Waals surface area contributed by atoms with Crippen molar-refractivity contribution in [2.75, 3.05) is 0 Å². The van der Waals surface area contributed by atoms with Gasteiger partial charge in [-0.1, -0.05) is 19.9 Å². The van der Waals surface area contributed by atoms with Crippen LogP contribution in [0.3, 0.4) is 0 Å².